The lowest BCUT2D eigenvalue weighted by Crippen LogP contribution is -2.45. The summed E-state index contributed by atoms with van der Waals surface area (Å²) in [5, 5.41) is 9.37. The average Bonchev–Trinajstić information content (AvgIpc) is 3.12. The van der Waals surface area contributed by atoms with E-state index in [1.807, 2.05) is 6.20 Å². The lowest BCUT2D eigenvalue weighted by atomic mass is 9.71. The first-order chi connectivity index (χ1) is 13.2. The molecule has 4 nitrogen and oxygen atoms in total. The normalized spacial score (nSPS) is 19.7. The van der Waals surface area contributed by atoms with Crippen LogP contribution in [0.2, 0.25) is 0 Å². The summed E-state index contributed by atoms with van der Waals surface area (Å²) in [6.45, 7) is 6.86. The monoisotopic (exact) mass is 360 g/mol. The highest BCUT2D eigenvalue weighted by Gasteiger charge is 2.35. The quantitative estimate of drug-likeness (QED) is 0.739. The molecule has 3 heterocycles. The van der Waals surface area contributed by atoms with Crippen LogP contribution in [0.15, 0.2) is 48.7 Å². The zero-order valence-electron chi connectivity index (χ0n) is 16.1. The van der Waals surface area contributed by atoms with Crippen LogP contribution in [0.5, 0.6) is 0 Å². The second kappa shape index (κ2) is 6.68. The van der Waals surface area contributed by atoms with Crippen molar-refractivity contribution in [3.63, 3.8) is 0 Å². The van der Waals surface area contributed by atoms with Gasteiger partial charge < -0.3 is 10.2 Å². The van der Waals surface area contributed by atoms with Crippen molar-refractivity contribution in [3.05, 3.63) is 54.2 Å². The molecule has 2 saturated heterocycles. The number of piperidine rings is 2. The minimum atomic E-state index is 0.592. The van der Waals surface area contributed by atoms with Gasteiger partial charge in [-0.25, -0.2) is 4.68 Å². The molecule has 0 radical (unpaired) electrons. The number of anilines is 1. The first-order valence-corrected chi connectivity index (χ1v) is 10.2. The van der Waals surface area contributed by atoms with Crippen LogP contribution in [0.4, 0.5) is 5.69 Å². The molecule has 0 amide bonds. The molecule has 0 aliphatic carbocycles. The van der Waals surface area contributed by atoms with Crippen LogP contribution >= 0.6 is 0 Å². The van der Waals surface area contributed by atoms with Crippen LogP contribution in [-0.4, -0.2) is 36.0 Å². The number of benzene rings is 2. The van der Waals surface area contributed by atoms with E-state index >= 15 is 0 Å². The first-order valence-electron chi connectivity index (χ1n) is 10.2. The number of aryl methyl sites for hydroxylation is 1. The fourth-order valence-electron chi connectivity index (χ4n) is 4.87. The van der Waals surface area contributed by atoms with E-state index in [-0.39, 0.29) is 0 Å². The summed E-state index contributed by atoms with van der Waals surface area (Å²) in [5.41, 5.74) is 5.51. The van der Waals surface area contributed by atoms with Gasteiger partial charge in [0.1, 0.15) is 0 Å². The molecule has 0 unspecified atom stereocenters. The summed E-state index contributed by atoms with van der Waals surface area (Å²) in [5.74, 6) is 0. The van der Waals surface area contributed by atoms with Gasteiger partial charge in [-0.3, -0.25) is 0 Å². The van der Waals surface area contributed by atoms with Gasteiger partial charge in [0.25, 0.3) is 0 Å². The Hall–Kier alpha value is -2.33. The SMILES string of the molecule is Cc1cccc(-n2ncc3ccc(N4CCC5(CCNCC5)CC4)cc32)c1. The highest BCUT2D eigenvalue weighted by atomic mass is 15.3. The van der Waals surface area contributed by atoms with Gasteiger partial charge in [0, 0.05) is 24.2 Å². The Morgan fingerprint density at radius 2 is 1.74 bits per heavy atom. The Kier molecular flexibility index (Phi) is 4.16. The van der Waals surface area contributed by atoms with E-state index in [4.69, 9.17) is 0 Å². The van der Waals surface area contributed by atoms with E-state index < -0.39 is 0 Å². The number of nitrogens with zero attached hydrogens (tertiary/aromatic N) is 3. The second-order valence-electron chi connectivity index (χ2n) is 8.38. The molecule has 2 aliphatic rings. The fourth-order valence-corrected chi connectivity index (χ4v) is 4.87. The van der Waals surface area contributed by atoms with E-state index in [0.29, 0.717) is 5.41 Å². The van der Waals surface area contributed by atoms with E-state index in [2.05, 4.69) is 69.4 Å². The molecule has 2 fully saturated rings. The molecule has 0 bridgehead atoms. The summed E-state index contributed by atoms with van der Waals surface area (Å²) in [4.78, 5) is 2.57. The third-order valence-electron chi connectivity index (χ3n) is 6.65. The predicted molar refractivity (Wildman–Crippen MR) is 112 cm³/mol. The zero-order valence-corrected chi connectivity index (χ0v) is 16.1. The maximum Gasteiger partial charge on any atom is 0.0761 e. The fraction of sp³-hybridized carbons (Fsp3) is 0.435. The van der Waals surface area contributed by atoms with E-state index in [0.717, 1.165) is 5.69 Å². The minimum Gasteiger partial charge on any atom is -0.371 e. The Morgan fingerprint density at radius 1 is 0.926 bits per heavy atom. The van der Waals surface area contributed by atoms with Crippen LogP contribution < -0.4 is 10.2 Å². The maximum atomic E-state index is 4.65. The van der Waals surface area contributed by atoms with E-state index in [1.54, 1.807) is 0 Å². The Bertz CT molecular complexity index is 942. The molecule has 0 saturated carbocycles. The van der Waals surface area contributed by atoms with Crippen molar-refractivity contribution in [2.75, 3.05) is 31.1 Å². The van der Waals surface area contributed by atoms with Gasteiger partial charge in [0.2, 0.25) is 0 Å². The summed E-state index contributed by atoms with van der Waals surface area (Å²) in [6.07, 6.45) is 7.31. The number of fused-ring (bicyclic) bond motifs is 1. The third kappa shape index (κ3) is 3.12. The van der Waals surface area contributed by atoms with Crippen LogP contribution in [-0.2, 0) is 0 Å². The molecule has 1 aromatic heterocycles. The number of aromatic nitrogens is 2. The molecular weight excluding hydrogens is 332 g/mol. The van der Waals surface area contributed by atoms with Crippen molar-refractivity contribution in [3.8, 4) is 5.69 Å². The molecule has 1 spiro atoms. The number of rotatable bonds is 2. The van der Waals surface area contributed by atoms with E-state index in [9.17, 15) is 0 Å². The second-order valence-corrected chi connectivity index (χ2v) is 8.38. The van der Waals surface area contributed by atoms with Gasteiger partial charge in [-0.05, 0) is 87.0 Å². The van der Waals surface area contributed by atoms with Crippen LogP contribution in [0.1, 0.15) is 31.2 Å². The van der Waals surface area contributed by atoms with Crippen LogP contribution in [0.3, 0.4) is 0 Å². The van der Waals surface area contributed by atoms with E-state index in [1.165, 1.54) is 74.0 Å². The molecule has 1 N–H and O–H groups in total. The Morgan fingerprint density at radius 3 is 2.52 bits per heavy atom. The van der Waals surface area contributed by atoms with Crippen molar-refractivity contribution in [2.24, 2.45) is 5.41 Å². The summed E-state index contributed by atoms with van der Waals surface area (Å²) < 4.78 is 2.07. The van der Waals surface area contributed by atoms with Crippen molar-refractivity contribution in [1.82, 2.24) is 15.1 Å². The van der Waals surface area contributed by atoms with Gasteiger partial charge in [-0.1, -0.05) is 12.1 Å². The lowest BCUT2D eigenvalue weighted by Gasteiger charge is -2.45. The average molecular weight is 361 g/mol. The maximum absolute atomic E-state index is 4.65. The molecule has 0 atom stereocenters. The molecule has 27 heavy (non-hydrogen) atoms. The van der Waals surface area contributed by atoms with Gasteiger partial charge in [-0.2, -0.15) is 5.10 Å². The molecule has 140 valence electrons. The Balaban J connectivity index is 1.42. The number of hydrogen-bond acceptors (Lipinski definition) is 3. The smallest absolute Gasteiger partial charge is 0.0761 e. The first kappa shape index (κ1) is 16.8. The third-order valence-corrected chi connectivity index (χ3v) is 6.65. The van der Waals surface area contributed by atoms with Gasteiger partial charge >= 0.3 is 0 Å². The molecule has 3 aromatic rings. The van der Waals surface area contributed by atoms with Gasteiger partial charge in [0.15, 0.2) is 0 Å². The Labute approximate surface area is 161 Å². The molecule has 2 aromatic carbocycles. The predicted octanol–water partition coefficient (Wildman–Crippen LogP) is 4.30. The number of nitrogens with one attached hydrogen (secondary N) is 1. The highest BCUT2D eigenvalue weighted by molar-refractivity contribution is 5.84. The van der Waals surface area contributed by atoms with Gasteiger partial charge in [0.05, 0.1) is 17.4 Å². The highest BCUT2D eigenvalue weighted by Crippen LogP contribution is 2.40. The minimum absolute atomic E-state index is 0.592. The van der Waals surface area contributed by atoms with Crippen molar-refractivity contribution >= 4 is 16.6 Å². The van der Waals surface area contributed by atoms with Crippen molar-refractivity contribution in [2.45, 2.75) is 32.6 Å². The molecule has 4 heteroatoms. The van der Waals surface area contributed by atoms with Crippen LogP contribution in [0.25, 0.3) is 16.6 Å². The summed E-state index contributed by atoms with van der Waals surface area (Å²) in [7, 11) is 0. The topological polar surface area (TPSA) is 33.1 Å². The summed E-state index contributed by atoms with van der Waals surface area (Å²) >= 11 is 0. The summed E-state index contributed by atoms with van der Waals surface area (Å²) in [6, 6.07) is 15.4. The van der Waals surface area contributed by atoms with Gasteiger partial charge in [-0.15, -0.1) is 0 Å². The zero-order chi connectivity index (χ0) is 18.3. The molecular formula is C23H28N4. The largest absolute Gasteiger partial charge is 0.371 e. The number of hydrogen-bond donors (Lipinski definition) is 1. The van der Waals surface area contributed by atoms with Crippen molar-refractivity contribution in [1.29, 1.82) is 0 Å². The molecule has 5 rings (SSSR count). The van der Waals surface area contributed by atoms with Crippen molar-refractivity contribution < 1.29 is 0 Å². The van der Waals surface area contributed by atoms with Crippen LogP contribution in [0, 0.1) is 12.3 Å². The molecule has 2 aliphatic heterocycles. The lowest BCUT2D eigenvalue weighted by molar-refractivity contribution is 0.155. The standard InChI is InChI=1S/C23H28N4/c1-18-3-2-4-21(15-18)27-22-16-20(6-5-19(22)17-25-27)26-13-9-23(10-14-26)7-11-24-12-8-23/h2-6,15-17,24H,7-14H2,1H3.